The fraction of sp³-hybridized carbons (Fsp3) is 0.455. The average molecular weight is 551 g/mol. The SMILES string of the molecule is Cc1cn(CC[C@H](NC(=O)CNC(=O)[C@@H](N)CCn2cc(C)c(=O)[nH]c2=O)C(=O)NCC(=O)O)c(=O)[nH]c1=O. The summed E-state index contributed by atoms with van der Waals surface area (Å²) in [5.41, 5.74) is 3.87. The van der Waals surface area contributed by atoms with Gasteiger partial charge in [0.25, 0.3) is 11.1 Å². The topological polar surface area (TPSA) is 260 Å². The van der Waals surface area contributed by atoms with Crippen molar-refractivity contribution >= 4 is 23.7 Å². The molecule has 8 N–H and O–H groups in total. The van der Waals surface area contributed by atoms with E-state index in [1.807, 2.05) is 0 Å². The third-order valence-corrected chi connectivity index (χ3v) is 5.54. The van der Waals surface area contributed by atoms with Gasteiger partial charge in [0.1, 0.15) is 12.6 Å². The summed E-state index contributed by atoms with van der Waals surface area (Å²) in [7, 11) is 0. The Balaban J connectivity index is 1.96. The number of amides is 3. The monoisotopic (exact) mass is 550 g/mol. The van der Waals surface area contributed by atoms with E-state index in [0.29, 0.717) is 5.56 Å². The molecule has 0 aliphatic carbocycles. The van der Waals surface area contributed by atoms with Crippen molar-refractivity contribution in [1.82, 2.24) is 35.1 Å². The number of hydrogen-bond donors (Lipinski definition) is 7. The zero-order valence-electron chi connectivity index (χ0n) is 21.2. The number of H-pyrrole nitrogens is 2. The summed E-state index contributed by atoms with van der Waals surface area (Å²) in [4.78, 5) is 99.1. The highest BCUT2D eigenvalue weighted by atomic mass is 16.4. The lowest BCUT2D eigenvalue weighted by atomic mass is 10.1. The van der Waals surface area contributed by atoms with Crippen molar-refractivity contribution in [3.05, 3.63) is 65.2 Å². The molecule has 0 bridgehead atoms. The van der Waals surface area contributed by atoms with E-state index in [1.54, 1.807) is 0 Å². The Kier molecular flexibility index (Phi) is 10.7. The first-order valence-electron chi connectivity index (χ1n) is 11.7. The first-order chi connectivity index (χ1) is 18.3. The lowest BCUT2D eigenvalue weighted by Crippen LogP contribution is -2.52. The van der Waals surface area contributed by atoms with Crippen LogP contribution >= 0.6 is 0 Å². The number of aliphatic carboxylic acids is 1. The quantitative estimate of drug-likeness (QED) is 0.126. The van der Waals surface area contributed by atoms with Crippen molar-refractivity contribution in [2.75, 3.05) is 13.1 Å². The number of aromatic amines is 2. The molecule has 2 rings (SSSR count). The van der Waals surface area contributed by atoms with Gasteiger partial charge in [-0.2, -0.15) is 0 Å². The van der Waals surface area contributed by atoms with E-state index in [2.05, 4.69) is 25.9 Å². The Hall–Kier alpha value is -4.80. The van der Waals surface area contributed by atoms with Crippen molar-refractivity contribution in [1.29, 1.82) is 0 Å². The lowest BCUT2D eigenvalue weighted by molar-refractivity contribution is -0.138. The molecule has 39 heavy (non-hydrogen) atoms. The molecule has 0 unspecified atom stereocenters. The molecule has 0 aliphatic rings. The van der Waals surface area contributed by atoms with Gasteiger partial charge in [-0.1, -0.05) is 0 Å². The van der Waals surface area contributed by atoms with Crippen molar-refractivity contribution < 1.29 is 24.3 Å². The van der Waals surface area contributed by atoms with Gasteiger partial charge in [-0.25, -0.2) is 9.59 Å². The van der Waals surface area contributed by atoms with Crippen LogP contribution in [0.2, 0.25) is 0 Å². The van der Waals surface area contributed by atoms with Crippen LogP contribution in [-0.4, -0.2) is 73.1 Å². The summed E-state index contributed by atoms with van der Waals surface area (Å²) in [6, 6.07) is -2.39. The maximum absolute atomic E-state index is 12.5. The summed E-state index contributed by atoms with van der Waals surface area (Å²) < 4.78 is 2.31. The molecule has 2 atom stereocenters. The van der Waals surface area contributed by atoms with E-state index >= 15 is 0 Å². The maximum atomic E-state index is 12.5. The fourth-order valence-corrected chi connectivity index (χ4v) is 3.35. The summed E-state index contributed by atoms with van der Waals surface area (Å²) in [5.74, 6) is -3.68. The molecule has 2 aromatic rings. The zero-order chi connectivity index (χ0) is 29.3. The van der Waals surface area contributed by atoms with Crippen molar-refractivity contribution in [3.8, 4) is 0 Å². The molecule has 17 nitrogen and oxygen atoms in total. The molecule has 0 aliphatic heterocycles. The first kappa shape index (κ1) is 30.4. The van der Waals surface area contributed by atoms with Crippen molar-refractivity contribution in [2.24, 2.45) is 5.73 Å². The highest BCUT2D eigenvalue weighted by molar-refractivity contribution is 5.91. The maximum Gasteiger partial charge on any atom is 0.328 e. The normalized spacial score (nSPS) is 12.3. The summed E-state index contributed by atoms with van der Waals surface area (Å²) in [6.45, 7) is 1.60. The molecule has 212 valence electrons. The van der Waals surface area contributed by atoms with Crippen LogP contribution in [-0.2, 0) is 32.3 Å². The first-order valence-corrected chi connectivity index (χ1v) is 11.7. The molecule has 17 heteroatoms. The van der Waals surface area contributed by atoms with Crippen LogP contribution in [0.5, 0.6) is 0 Å². The van der Waals surface area contributed by atoms with Gasteiger partial charge in [-0.3, -0.25) is 38.7 Å². The Morgan fingerprint density at radius 3 is 1.85 bits per heavy atom. The fourth-order valence-electron chi connectivity index (χ4n) is 3.35. The third-order valence-electron chi connectivity index (χ3n) is 5.54. The van der Waals surface area contributed by atoms with Crippen molar-refractivity contribution in [3.63, 3.8) is 0 Å². The Bertz CT molecular complexity index is 1470. The van der Waals surface area contributed by atoms with Crippen molar-refractivity contribution in [2.45, 2.75) is 51.9 Å². The highest BCUT2D eigenvalue weighted by Crippen LogP contribution is 1.98. The Morgan fingerprint density at radius 2 is 1.33 bits per heavy atom. The summed E-state index contributed by atoms with van der Waals surface area (Å²) in [5, 5.41) is 15.6. The number of aryl methyl sites for hydroxylation is 4. The van der Waals surface area contributed by atoms with Gasteiger partial charge < -0.3 is 35.9 Å². The van der Waals surface area contributed by atoms with E-state index in [1.165, 1.54) is 30.8 Å². The molecule has 2 aromatic heterocycles. The molecule has 0 saturated carbocycles. The number of carboxylic acid groups (broad SMARTS) is 1. The van der Waals surface area contributed by atoms with Crippen LogP contribution < -0.4 is 44.2 Å². The molecular formula is C22H30N8O9. The van der Waals surface area contributed by atoms with Crippen LogP contribution in [0.4, 0.5) is 0 Å². The number of carbonyl (C=O) groups is 4. The highest BCUT2D eigenvalue weighted by Gasteiger charge is 2.22. The number of nitrogens with zero attached hydrogens (tertiary/aromatic N) is 2. The number of carbonyl (C=O) groups excluding carboxylic acids is 3. The van der Waals surface area contributed by atoms with Crippen LogP contribution in [0.3, 0.4) is 0 Å². The van der Waals surface area contributed by atoms with Gasteiger partial charge >= 0.3 is 17.3 Å². The van der Waals surface area contributed by atoms with Gasteiger partial charge in [0.15, 0.2) is 0 Å². The molecule has 0 spiro atoms. The second-order valence-electron chi connectivity index (χ2n) is 8.66. The Labute approximate surface area is 219 Å². The van der Waals surface area contributed by atoms with Gasteiger partial charge in [-0.05, 0) is 26.7 Å². The number of hydrogen-bond acceptors (Lipinski definition) is 9. The minimum absolute atomic E-state index is 0.00635. The second kappa shape index (κ2) is 13.7. The summed E-state index contributed by atoms with van der Waals surface area (Å²) in [6.07, 6.45) is 2.46. The molecule has 3 amide bonds. The largest absolute Gasteiger partial charge is 0.480 e. The number of rotatable bonds is 13. The van der Waals surface area contributed by atoms with E-state index in [4.69, 9.17) is 10.8 Å². The standard InChI is InChI=1S/C22H30N8O9/c1-11-9-29(21(38)27-17(11)34)5-3-13(23)19(36)24-7-15(31)26-14(20(37)25-8-16(32)33)4-6-30-10-12(2)18(35)28-22(30)39/h9-10,13-14H,3-8,23H2,1-2H3,(H,24,36)(H,25,37)(H,26,31)(H,32,33)(H,27,34,38)(H,28,35,39)/t13-,14-/m0/s1. The molecule has 0 fully saturated rings. The number of aromatic nitrogens is 4. The molecule has 0 saturated heterocycles. The minimum Gasteiger partial charge on any atom is -0.480 e. The minimum atomic E-state index is -1.32. The average Bonchev–Trinajstić information content (AvgIpc) is 2.87. The lowest BCUT2D eigenvalue weighted by Gasteiger charge is -2.19. The van der Waals surface area contributed by atoms with E-state index in [9.17, 15) is 38.4 Å². The number of carboxylic acids is 1. The van der Waals surface area contributed by atoms with E-state index in [-0.39, 0.29) is 31.5 Å². The van der Waals surface area contributed by atoms with E-state index in [0.717, 1.165) is 4.57 Å². The van der Waals surface area contributed by atoms with Gasteiger partial charge in [-0.15, -0.1) is 0 Å². The predicted octanol–water partition coefficient (Wildman–Crippen LogP) is -4.39. The number of nitrogens with two attached hydrogens (primary N) is 1. The summed E-state index contributed by atoms with van der Waals surface area (Å²) >= 11 is 0. The molecule has 0 radical (unpaired) electrons. The third kappa shape index (κ3) is 9.22. The van der Waals surface area contributed by atoms with E-state index < -0.39 is 71.4 Å². The van der Waals surface area contributed by atoms with Crippen LogP contribution in [0, 0.1) is 13.8 Å². The molecule has 0 aromatic carbocycles. The van der Waals surface area contributed by atoms with Crippen LogP contribution in [0.1, 0.15) is 24.0 Å². The molecular weight excluding hydrogens is 520 g/mol. The van der Waals surface area contributed by atoms with Gasteiger partial charge in [0, 0.05) is 36.6 Å². The zero-order valence-corrected chi connectivity index (χ0v) is 21.2. The Morgan fingerprint density at radius 1 is 0.846 bits per heavy atom. The van der Waals surface area contributed by atoms with Gasteiger partial charge in [0.05, 0.1) is 12.6 Å². The smallest absolute Gasteiger partial charge is 0.328 e. The van der Waals surface area contributed by atoms with Crippen LogP contribution in [0.15, 0.2) is 31.6 Å². The van der Waals surface area contributed by atoms with Crippen LogP contribution in [0.25, 0.3) is 0 Å². The predicted molar refractivity (Wildman–Crippen MR) is 135 cm³/mol. The number of nitrogens with one attached hydrogen (secondary N) is 5. The molecule has 2 heterocycles. The second-order valence-corrected chi connectivity index (χ2v) is 8.66. The van der Waals surface area contributed by atoms with Gasteiger partial charge in [0.2, 0.25) is 17.7 Å².